The molecule has 3 aromatic carbocycles. The maximum absolute atomic E-state index is 12.7. The molecule has 8 heteroatoms. The highest BCUT2D eigenvalue weighted by Gasteiger charge is 2.18. The Bertz CT molecular complexity index is 1240. The quantitative estimate of drug-likeness (QED) is 0.213. The summed E-state index contributed by atoms with van der Waals surface area (Å²) in [7, 11) is 0. The molecule has 1 heterocycles. The summed E-state index contributed by atoms with van der Waals surface area (Å²) in [5, 5.41) is 10.8. The zero-order chi connectivity index (χ0) is 22.0. The van der Waals surface area contributed by atoms with Gasteiger partial charge >= 0.3 is 0 Å². The van der Waals surface area contributed by atoms with Crippen molar-refractivity contribution in [3.63, 3.8) is 0 Å². The number of benzene rings is 3. The zero-order valence-corrected chi connectivity index (χ0v) is 19.4. The normalized spacial score (nSPS) is 11.0. The Morgan fingerprint density at radius 1 is 0.903 bits per heavy atom. The van der Waals surface area contributed by atoms with E-state index in [4.69, 9.17) is 34.8 Å². The molecule has 0 radical (unpaired) electrons. The number of nitrogens with zero attached hydrogens (tertiary/aromatic N) is 3. The van der Waals surface area contributed by atoms with Crippen LogP contribution in [0.25, 0.3) is 17.1 Å². The number of carbonyl (C=O) groups is 1. The lowest BCUT2D eigenvalue weighted by Gasteiger charge is -2.11. The van der Waals surface area contributed by atoms with Crippen LogP contribution in [0.5, 0.6) is 0 Å². The van der Waals surface area contributed by atoms with E-state index in [1.165, 1.54) is 11.8 Å². The minimum Gasteiger partial charge on any atom is -0.293 e. The van der Waals surface area contributed by atoms with Crippen molar-refractivity contribution in [2.75, 3.05) is 5.75 Å². The number of aromatic nitrogens is 3. The average Bonchev–Trinajstić information content (AvgIpc) is 3.19. The first-order chi connectivity index (χ1) is 14.9. The molecule has 156 valence electrons. The molecular weight excluding hydrogens is 473 g/mol. The van der Waals surface area contributed by atoms with Crippen molar-refractivity contribution in [1.82, 2.24) is 14.8 Å². The molecule has 0 saturated heterocycles. The number of carbonyl (C=O) groups excluding carboxylic acids is 1. The smallest absolute Gasteiger partial charge is 0.196 e. The number of aryl methyl sites for hydroxylation is 1. The van der Waals surface area contributed by atoms with E-state index in [1.54, 1.807) is 18.2 Å². The molecule has 31 heavy (non-hydrogen) atoms. The summed E-state index contributed by atoms with van der Waals surface area (Å²) in [6.45, 7) is 2.03. The molecule has 0 aliphatic heterocycles. The molecule has 0 N–H and O–H groups in total. The van der Waals surface area contributed by atoms with Crippen LogP contribution in [0.1, 0.15) is 15.9 Å². The van der Waals surface area contributed by atoms with Crippen molar-refractivity contribution in [2.24, 2.45) is 0 Å². The van der Waals surface area contributed by atoms with Gasteiger partial charge in [-0.15, -0.1) is 10.2 Å². The molecule has 0 bridgehead atoms. The highest BCUT2D eigenvalue weighted by Crippen LogP contribution is 2.30. The van der Waals surface area contributed by atoms with E-state index in [2.05, 4.69) is 10.2 Å². The Morgan fingerprint density at radius 3 is 2.29 bits per heavy atom. The van der Waals surface area contributed by atoms with Crippen molar-refractivity contribution in [2.45, 2.75) is 12.1 Å². The molecule has 0 amide bonds. The zero-order valence-electron chi connectivity index (χ0n) is 16.3. The largest absolute Gasteiger partial charge is 0.293 e. The highest BCUT2D eigenvalue weighted by atomic mass is 35.5. The first-order valence-electron chi connectivity index (χ1n) is 9.32. The molecule has 4 nitrogen and oxygen atoms in total. The predicted octanol–water partition coefficient (Wildman–Crippen LogP) is 7.18. The molecule has 0 aliphatic carbocycles. The third-order valence-corrected chi connectivity index (χ3v) is 6.52. The van der Waals surface area contributed by atoms with Gasteiger partial charge in [0.1, 0.15) is 0 Å². The lowest BCUT2D eigenvalue weighted by molar-refractivity contribution is 0.102. The lowest BCUT2D eigenvalue weighted by Crippen LogP contribution is -2.05. The summed E-state index contributed by atoms with van der Waals surface area (Å²) in [4.78, 5) is 12.7. The van der Waals surface area contributed by atoms with Gasteiger partial charge in [-0.25, -0.2) is 0 Å². The molecule has 4 rings (SSSR count). The van der Waals surface area contributed by atoms with Gasteiger partial charge in [0.2, 0.25) is 0 Å². The fourth-order valence-corrected chi connectivity index (χ4v) is 4.23. The Kier molecular flexibility index (Phi) is 6.68. The third-order valence-electron chi connectivity index (χ3n) is 4.60. The van der Waals surface area contributed by atoms with E-state index >= 15 is 0 Å². The Hall–Kier alpha value is -2.31. The molecule has 0 atom stereocenters. The van der Waals surface area contributed by atoms with Gasteiger partial charge in [-0.05, 0) is 61.5 Å². The number of rotatable bonds is 6. The number of ketones is 1. The SMILES string of the molecule is Cc1ccc(-n2c(SCC(=O)c3ccc(Cl)c(Cl)c3)nnc2-c2ccc(Cl)cc2)cc1. The summed E-state index contributed by atoms with van der Waals surface area (Å²) < 4.78 is 1.94. The number of thioether (sulfide) groups is 1. The van der Waals surface area contributed by atoms with Crippen molar-refractivity contribution in [3.05, 3.63) is 92.9 Å². The minimum absolute atomic E-state index is 0.0740. The molecule has 0 aliphatic rings. The van der Waals surface area contributed by atoms with E-state index in [9.17, 15) is 4.79 Å². The van der Waals surface area contributed by atoms with Gasteiger partial charge < -0.3 is 0 Å². The Balaban J connectivity index is 1.67. The van der Waals surface area contributed by atoms with Crippen LogP contribution >= 0.6 is 46.6 Å². The van der Waals surface area contributed by atoms with Crippen LogP contribution in [0.2, 0.25) is 15.1 Å². The van der Waals surface area contributed by atoms with Crippen LogP contribution < -0.4 is 0 Å². The van der Waals surface area contributed by atoms with E-state index in [0.29, 0.717) is 31.6 Å². The minimum atomic E-state index is -0.0740. The topological polar surface area (TPSA) is 47.8 Å². The van der Waals surface area contributed by atoms with E-state index in [1.807, 2.05) is 60.0 Å². The van der Waals surface area contributed by atoms with E-state index in [-0.39, 0.29) is 11.5 Å². The molecule has 1 aromatic heterocycles. The van der Waals surface area contributed by atoms with Crippen LogP contribution in [0.3, 0.4) is 0 Å². The van der Waals surface area contributed by atoms with Crippen LogP contribution in [-0.2, 0) is 0 Å². The van der Waals surface area contributed by atoms with Gasteiger partial charge in [-0.1, -0.05) is 64.3 Å². The van der Waals surface area contributed by atoms with Gasteiger partial charge in [-0.3, -0.25) is 9.36 Å². The second-order valence-electron chi connectivity index (χ2n) is 6.82. The maximum atomic E-state index is 12.7. The summed E-state index contributed by atoms with van der Waals surface area (Å²) in [6, 6.07) is 20.3. The maximum Gasteiger partial charge on any atom is 0.196 e. The highest BCUT2D eigenvalue weighted by molar-refractivity contribution is 7.99. The summed E-state index contributed by atoms with van der Waals surface area (Å²) in [5.41, 5.74) is 3.43. The molecule has 4 aromatic rings. The molecular formula is C23H16Cl3N3OS. The van der Waals surface area contributed by atoms with Crippen LogP contribution in [0.15, 0.2) is 71.9 Å². The fraction of sp³-hybridized carbons (Fsp3) is 0.0870. The number of Topliss-reactive ketones (excluding diaryl/α,β-unsaturated/α-hetero) is 1. The number of halogens is 3. The van der Waals surface area contributed by atoms with Crippen molar-refractivity contribution in [1.29, 1.82) is 0 Å². The van der Waals surface area contributed by atoms with Gasteiger partial charge in [0.05, 0.1) is 15.8 Å². The standard InChI is InChI=1S/C23H16Cl3N3OS/c1-14-2-9-18(10-3-14)29-22(15-4-7-17(24)8-5-15)27-28-23(29)31-13-21(30)16-6-11-19(25)20(26)12-16/h2-12H,13H2,1H3. The van der Waals surface area contributed by atoms with Crippen LogP contribution in [0.4, 0.5) is 0 Å². The number of hydrogen-bond donors (Lipinski definition) is 0. The van der Waals surface area contributed by atoms with Crippen molar-refractivity contribution in [3.8, 4) is 17.1 Å². The third kappa shape index (κ3) is 4.96. The molecule has 0 fully saturated rings. The molecule has 0 saturated carbocycles. The summed E-state index contributed by atoms with van der Waals surface area (Å²) >= 11 is 19.4. The fourth-order valence-electron chi connectivity index (χ4n) is 2.96. The summed E-state index contributed by atoms with van der Waals surface area (Å²) in [5.74, 6) is 0.780. The Labute approximate surface area is 199 Å². The van der Waals surface area contributed by atoms with Crippen molar-refractivity contribution < 1.29 is 4.79 Å². The first-order valence-corrected chi connectivity index (χ1v) is 11.4. The van der Waals surface area contributed by atoms with Crippen LogP contribution in [-0.4, -0.2) is 26.3 Å². The van der Waals surface area contributed by atoms with Crippen LogP contribution in [0, 0.1) is 6.92 Å². The Morgan fingerprint density at radius 2 is 1.61 bits per heavy atom. The second-order valence-corrected chi connectivity index (χ2v) is 9.02. The van der Waals surface area contributed by atoms with Gasteiger partial charge in [0.25, 0.3) is 0 Å². The van der Waals surface area contributed by atoms with Crippen molar-refractivity contribution >= 4 is 52.3 Å². The first kappa shape index (κ1) is 21.9. The second kappa shape index (κ2) is 9.45. The van der Waals surface area contributed by atoms with E-state index in [0.717, 1.165) is 16.8 Å². The van der Waals surface area contributed by atoms with E-state index < -0.39 is 0 Å². The predicted molar refractivity (Wildman–Crippen MR) is 128 cm³/mol. The van der Waals surface area contributed by atoms with Gasteiger partial charge in [-0.2, -0.15) is 0 Å². The average molecular weight is 489 g/mol. The van der Waals surface area contributed by atoms with Gasteiger partial charge in [0, 0.05) is 21.8 Å². The summed E-state index contributed by atoms with van der Waals surface area (Å²) in [6.07, 6.45) is 0. The lowest BCUT2D eigenvalue weighted by atomic mass is 10.1. The number of hydrogen-bond acceptors (Lipinski definition) is 4. The molecule has 0 unspecified atom stereocenters. The molecule has 0 spiro atoms. The monoisotopic (exact) mass is 487 g/mol. The van der Waals surface area contributed by atoms with Gasteiger partial charge in [0.15, 0.2) is 16.8 Å².